The lowest BCUT2D eigenvalue weighted by Gasteiger charge is -2.00. The molecule has 0 saturated heterocycles. The average Bonchev–Trinajstić information content (AvgIpc) is 3.23. The highest BCUT2D eigenvalue weighted by molar-refractivity contribution is 7.99. The maximum atomic E-state index is 12.4. The lowest BCUT2D eigenvalue weighted by molar-refractivity contribution is 0.0929. The van der Waals surface area contributed by atoms with Crippen molar-refractivity contribution in [3.8, 4) is 11.3 Å². The highest BCUT2D eigenvalue weighted by Gasteiger charge is 2.15. The normalized spacial score (nSPS) is 11.0. The van der Waals surface area contributed by atoms with Gasteiger partial charge >= 0.3 is 0 Å². The predicted octanol–water partition coefficient (Wildman–Crippen LogP) is 3.10. The second-order valence-corrected chi connectivity index (χ2v) is 6.15. The largest absolute Gasteiger partial charge is 0.430 e. The first-order chi connectivity index (χ1) is 12.2. The van der Waals surface area contributed by atoms with E-state index in [4.69, 9.17) is 10.2 Å². The zero-order chi connectivity index (χ0) is 17.2. The smallest absolute Gasteiger partial charge is 0.259 e. The summed E-state index contributed by atoms with van der Waals surface area (Å²) >= 11 is 1.18. The zero-order valence-corrected chi connectivity index (χ0v) is 13.8. The first kappa shape index (κ1) is 15.4. The van der Waals surface area contributed by atoms with E-state index in [1.165, 1.54) is 16.4 Å². The molecule has 25 heavy (non-hydrogen) atoms. The maximum Gasteiger partial charge on any atom is 0.259 e. The molecule has 4 aromatic rings. The molecule has 124 valence electrons. The molecule has 4 rings (SSSR count). The summed E-state index contributed by atoms with van der Waals surface area (Å²) in [6, 6.07) is 14.8. The Morgan fingerprint density at radius 3 is 2.84 bits per heavy atom. The minimum Gasteiger partial charge on any atom is -0.430 e. The standard InChI is InChI=1S/C17H13N5O2S/c18-14-9-12(11-5-2-1-3-6-11)21-22(14)15(23)10-25-17-20-16-13(24-17)7-4-8-19-16/h1-9H,10,18H2. The van der Waals surface area contributed by atoms with E-state index in [2.05, 4.69) is 15.1 Å². The number of thioether (sulfide) groups is 1. The second-order valence-electron chi connectivity index (χ2n) is 5.22. The number of hydrogen-bond acceptors (Lipinski definition) is 7. The number of anilines is 1. The van der Waals surface area contributed by atoms with Crippen LogP contribution in [0.3, 0.4) is 0 Å². The van der Waals surface area contributed by atoms with Crippen molar-refractivity contribution in [1.82, 2.24) is 19.7 Å². The molecular weight excluding hydrogens is 338 g/mol. The van der Waals surface area contributed by atoms with Gasteiger partial charge in [-0.15, -0.1) is 0 Å². The fraction of sp³-hybridized carbons (Fsp3) is 0.0588. The Labute approximate surface area is 146 Å². The molecule has 0 bridgehead atoms. The van der Waals surface area contributed by atoms with Crippen LogP contribution < -0.4 is 5.73 Å². The molecular formula is C17H13N5O2S. The summed E-state index contributed by atoms with van der Waals surface area (Å²) in [6.45, 7) is 0. The van der Waals surface area contributed by atoms with Crippen molar-refractivity contribution in [1.29, 1.82) is 0 Å². The number of nitrogen functional groups attached to an aromatic ring is 1. The third-order valence-electron chi connectivity index (χ3n) is 3.51. The van der Waals surface area contributed by atoms with Crippen molar-refractivity contribution in [3.63, 3.8) is 0 Å². The van der Waals surface area contributed by atoms with Gasteiger partial charge in [0, 0.05) is 17.8 Å². The summed E-state index contributed by atoms with van der Waals surface area (Å²) in [7, 11) is 0. The average molecular weight is 351 g/mol. The van der Waals surface area contributed by atoms with Crippen LogP contribution in [0.4, 0.5) is 5.82 Å². The van der Waals surface area contributed by atoms with Crippen molar-refractivity contribution in [2.24, 2.45) is 0 Å². The van der Waals surface area contributed by atoms with Gasteiger partial charge in [0.1, 0.15) is 5.82 Å². The quantitative estimate of drug-likeness (QED) is 0.564. The van der Waals surface area contributed by atoms with Crippen LogP contribution in [0.1, 0.15) is 4.79 Å². The van der Waals surface area contributed by atoms with Gasteiger partial charge < -0.3 is 10.2 Å². The number of rotatable bonds is 4. The van der Waals surface area contributed by atoms with Gasteiger partial charge in [-0.05, 0) is 12.1 Å². The van der Waals surface area contributed by atoms with Gasteiger partial charge in [0.2, 0.25) is 0 Å². The Morgan fingerprint density at radius 1 is 1.20 bits per heavy atom. The molecule has 0 amide bonds. The van der Waals surface area contributed by atoms with Gasteiger partial charge in [-0.2, -0.15) is 14.8 Å². The van der Waals surface area contributed by atoms with Gasteiger partial charge in [0.05, 0.1) is 11.4 Å². The van der Waals surface area contributed by atoms with E-state index < -0.39 is 0 Å². The Hall–Kier alpha value is -3.13. The molecule has 8 heteroatoms. The van der Waals surface area contributed by atoms with E-state index in [1.807, 2.05) is 30.3 Å². The SMILES string of the molecule is Nc1cc(-c2ccccc2)nn1C(=O)CSc1nc2ncccc2o1. The van der Waals surface area contributed by atoms with Gasteiger partial charge in [0.15, 0.2) is 11.2 Å². The number of pyridine rings is 1. The first-order valence-electron chi connectivity index (χ1n) is 7.49. The number of fused-ring (bicyclic) bond motifs is 1. The molecule has 0 aliphatic heterocycles. The van der Waals surface area contributed by atoms with E-state index in [0.717, 1.165) is 5.56 Å². The van der Waals surface area contributed by atoms with E-state index in [9.17, 15) is 4.79 Å². The summed E-state index contributed by atoms with van der Waals surface area (Å²) in [5.74, 6) is 0.149. The molecule has 1 aromatic carbocycles. The molecule has 7 nitrogen and oxygen atoms in total. The van der Waals surface area contributed by atoms with Crippen LogP contribution in [0, 0.1) is 0 Å². The number of hydrogen-bond donors (Lipinski definition) is 1. The van der Waals surface area contributed by atoms with Crippen LogP contribution in [0.2, 0.25) is 0 Å². The molecule has 3 aromatic heterocycles. The van der Waals surface area contributed by atoms with E-state index in [1.54, 1.807) is 24.4 Å². The molecule has 0 spiro atoms. The van der Waals surface area contributed by atoms with Crippen molar-refractivity contribution in [3.05, 3.63) is 54.7 Å². The highest BCUT2D eigenvalue weighted by Crippen LogP contribution is 2.24. The number of benzene rings is 1. The van der Waals surface area contributed by atoms with Gasteiger partial charge in [-0.25, -0.2) is 4.98 Å². The van der Waals surface area contributed by atoms with Crippen LogP contribution in [0.5, 0.6) is 0 Å². The lowest BCUT2D eigenvalue weighted by Crippen LogP contribution is -2.17. The summed E-state index contributed by atoms with van der Waals surface area (Å²) < 4.78 is 6.74. The zero-order valence-electron chi connectivity index (χ0n) is 13.0. The van der Waals surface area contributed by atoms with E-state index in [0.29, 0.717) is 28.0 Å². The maximum absolute atomic E-state index is 12.4. The number of nitrogens with two attached hydrogens (primary N) is 1. The third kappa shape index (κ3) is 3.11. The molecule has 0 atom stereocenters. The molecule has 0 saturated carbocycles. The summed E-state index contributed by atoms with van der Waals surface area (Å²) in [5.41, 5.74) is 8.59. The lowest BCUT2D eigenvalue weighted by atomic mass is 10.2. The topological polar surface area (TPSA) is 99.8 Å². The molecule has 0 radical (unpaired) electrons. The minimum absolute atomic E-state index is 0.104. The Bertz CT molecular complexity index is 1010. The molecule has 0 aliphatic rings. The van der Waals surface area contributed by atoms with Crippen LogP contribution in [-0.2, 0) is 0 Å². The molecule has 3 heterocycles. The van der Waals surface area contributed by atoms with Crippen LogP contribution in [0.25, 0.3) is 22.5 Å². The summed E-state index contributed by atoms with van der Waals surface area (Å²) in [4.78, 5) is 20.7. The van der Waals surface area contributed by atoms with Crippen molar-refractivity contribution in [2.45, 2.75) is 5.22 Å². The fourth-order valence-electron chi connectivity index (χ4n) is 2.34. The monoisotopic (exact) mass is 351 g/mol. The van der Waals surface area contributed by atoms with Crippen molar-refractivity contribution >= 4 is 34.7 Å². The number of aromatic nitrogens is 4. The first-order valence-corrected chi connectivity index (χ1v) is 8.48. The van der Waals surface area contributed by atoms with E-state index >= 15 is 0 Å². The van der Waals surface area contributed by atoms with Crippen molar-refractivity contribution in [2.75, 3.05) is 11.5 Å². The Kier molecular flexibility index (Phi) is 3.95. The van der Waals surface area contributed by atoms with Gasteiger partial charge in [0.25, 0.3) is 11.1 Å². The molecule has 0 fully saturated rings. The minimum atomic E-state index is -0.250. The van der Waals surface area contributed by atoms with E-state index in [-0.39, 0.29) is 11.7 Å². The second kappa shape index (κ2) is 6.40. The highest BCUT2D eigenvalue weighted by atomic mass is 32.2. The molecule has 0 aliphatic carbocycles. The molecule has 0 unspecified atom stereocenters. The Balaban J connectivity index is 1.50. The fourth-order valence-corrected chi connectivity index (χ4v) is 3.01. The van der Waals surface area contributed by atoms with Crippen LogP contribution >= 0.6 is 11.8 Å². The van der Waals surface area contributed by atoms with Gasteiger partial charge in [-0.3, -0.25) is 4.79 Å². The number of carbonyl (C=O) groups excluding carboxylic acids is 1. The number of nitrogens with zero attached hydrogens (tertiary/aromatic N) is 4. The van der Waals surface area contributed by atoms with Crippen LogP contribution in [0.15, 0.2) is 64.4 Å². The molecule has 2 N–H and O–H groups in total. The predicted molar refractivity (Wildman–Crippen MR) is 95.2 cm³/mol. The third-order valence-corrected chi connectivity index (χ3v) is 4.32. The van der Waals surface area contributed by atoms with Gasteiger partial charge in [-0.1, -0.05) is 42.1 Å². The van der Waals surface area contributed by atoms with Crippen LogP contribution in [-0.4, -0.2) is 31.4 Å². The Morgan fingerprint density at radius 2 is 2.04 bits per heavy atom. The summed E-state index contributed by atoms with van der Waals surface area (Å²) in [5, 5.41) is 4.69. The number of carbonyl (C=O) groups is 1. The van der Waals surface area contributed by atoms with Crippen molar-refractivity contribution < 1.29 is 9.21 Å². The summed E-state index contributed by atoms with van der Waals surface area (Å²) in [6.07, 6.45) is 1.64. The number of oxazole rings is 1.